The SMILES string of the molecule is C=C1CC(O)C(O)C2(C)C1CC(=O)C1(C)C3C(=O)OC(C3C)C(O)C12. The summed E-state index contributed by atoms with van der Waals surface area (Å²) in [5.74, 6) is -2.42. The third kappa shape index (κ3) is 1.76. The Morgan fingerprint density at radius 2 is 1.80 bits per heavy atom. The first-order chi connectivity index (χ1) is 11.6. The molecule has 10 atom stereocenters. The highest BCUT2D eigenvalue weighted by molar-refractivity contribution is 5.93. The Labute approximate surface area is 146 Å². The standard InChI is InChI=1S/C19H26O6/c1-7-5-10(20)16(23)18(3)9(7)6-11(21)19(4)12-8(2)14(25-17(12)24)13(22)15(18)19/h8-10,12-16,20,22-23H,1,5-6H2,2-4H3. The van der Waals surface area contributed by atoms with Gasteiger partial charge in [-0.3, -0.25) is 9.59 Å². The van der Waals surface area contributed by atoms with Crippen molar-refractivity contribution in [2.24, 2.45) is 34.5 Å². The van der Waals surface area contributed by atoms with E-state index in [2.05, 4.69) is 6.58 Å². The number of ketones is 1. The third-order valence-corrected chi connectivity index (χ3v) is 7.90. The molecule has 25 heavy (non-hydrogen) atoms. The average molecular weight is 350 g/mol. The van der Waals surface area contributed by atoms with E-state index >= 15 is 0 Å². The van der Waals surface area contributed by atoms with Gasteiger partial charge in [-0.05, 0) is 12.3 Å². The van der Waals surface area contributed by atoms with Crippen LogP contribution in [0.15, 0.2) is 12.2 Å². The van der Waals surface area contributed by atoms with Crippen LogP contribution >= 0.6 is 0 Å². The number of hydrogen-bond donors (Lipinski definition) is 3. The van der Waals surface area contributed by atoms with E-state index in [9.17, 15) is 24.9 Å². The zero-order valence-corrected chi connectivity index (χ0v) is 14.8. The van der Waals surface area contributed by atoms with Crippen molar-refractivity contribution in [3.8, 4) is 0 Å². The van der Waals surface area contributed by atoms with Crippen molar-refractivity contribution in [2.45, 2.75) is 58.0 Å². The quantitative estimate of drug-likeness (QED) is 0.433. The van der Waals surface area contributed by atoms with E-state index < -0.39 is 53.1 Å². The van der Waals surface area contributed by atoms with Crippen LogP contribution in [0.5, 0.6) is 0 Å². The lowest BCUT2D eigenvalue weighted by Crippen LogP contribution is -2.71. The van der Waals surface area contributed by atoms with Crippen molar-refractivity contribution in [3.05, 3.63) is 12.2 Å². The van der Waals surface area contributed by atoms with Crippen molar-refractivity contribution >= 4 is 11.8 Å². The van der Waals surface area contributed by atoms with Crippen LogP contribution in [-0.2, 0) is 14.3 Å². The maximum Gasteiger partial charge on any atom is 0.310 e. The number of fused-ring (bicyclic) bond motifs is 6. The van der Waals surface area contributed by atoms with E-state index in [1.165, 1.54) is 0 Å². The molecule has 10 unspecified atom stereocenters. The van der Waals surface area contributed by atoms with Crippen LogP contribution < -0.4 is 0 Å². The van der Waals surface area contributed by atoms with E-state index in [1.54, 1.807) is 6.92 Å². The number of aliphatic hydroxyl groups excluding tert-OH is 3. The lowest BCUT2D eigenvalue weighted by molar-refractivity contribution is -0.226. The van der Waals surface area contributed by atoms with Crippen molar-refractivity contribution in [2.75, 3.05) is 0 Å². The van der Waals surface area contributed by atoms with Crippen LogP contribution in [0.25, 0.3) is 0 Å². The van der Waals surface area contributed by atoms with Crippen molar-refractivity contribution in [3.63, 3.8) is 0 Å². The number of Topliss-reactive ketones (excluding diaryl/α,β-unsaturated/α-hetero) is 1. The second kappa shape index (κ2) is 4.93. The highest BCUT2D eigenvalue weighted by Crippen LogP contribution is 2.67. The molecule has 1 aliphatic heterocycles. The lowest BCUT2D eigenvalue weighted by Gasteiger charge is -2.64. The van der Waals surface area contributed by atoms with Gasteiger partial charge in [0.1, 0.15) is 11.9 Å². The maximum atomic E-state index is 13.2. The van der Waals surface area contributed by atoms with Crippen molar-refractivity contribution in [1.82, 2.24) is 0 Å². The number of hydrogen-bond acceptors (Lipinski definition) is 6. The Hall–Kier alpha value is -1.24. The third-order valence-electron chi connectivity index (χ3n) is 7.90. The summed E-state index contributed by atoms with van der Waals surface area (Å²) in [5, 5.41) is 32.4. The van der Waals surface area contributed by atoms with Gasteiger partial charge in [0.2, 0.25) is 0 Å². The van der Waals surface area contributed by atoms with Gasteiger partial charge in [-0.1, -0.05) is 32.9 Å². The molecule has 0 spiro atoms. The summed E-state index contributed by atoms with van der Waals surface area (Å²) >= 11 is 0. The number of carbonyl (C=O) groups excluding carboxylic acids is 2. The summed E-state index contributed by atoms with van der Waals surface area (Å²) < 4.78 is 5.42. The molecule has 6 heteroatoms. The molecule has 0 aromatic rings. The molecule has 4 aliphatic rings. The Bertz CT molecular complexity index is 673. The van der Waals surface area contributed by atoms with E-state index in [-0.39, 0.29) is 30.5 Å². The average Bonchev–Trinajstić information content (AvgIpc) is 2.78. The van der Waals surface area contributed by atoms with Gasteiger partial charge < -0.3 is 20.1 Å². The maximum absolute atomic E-state index is 13.2. The summed E-state index contributed by atoms with van der Waals surface area (Å²) in [4.78, 5) is 25.7. The Morgan fingerprint density at radius 1 is 1.16 bits per heavy atom. The van der Waals surface area contributed by atoms with Crippen LogP contribution in [0.3, 0.4) is 0 Å². The van der Waals surface area contributed by atoms with E-state index in [0.29, 0.717) is 0 Å². The van der Waals surface area contributed by atoms with Gasteiger partial charge in [-0.25, -0.2) is 0 Å². The first-order valence-electron chi connectivity index (χ1n) is 9.01. The molecule has 0 amide bonds. The van der Waals surface area contributed by atoms with Crippen LogP contribution in [0, 0.1) is 34.5 Å². The summed E-state index contributed by atoms with van der Waals surface area (Å²) in [6.45, 7) is 9.40. The van der Waals surface area contributed by atoms with Crippen LogP contribution in [0.1, 0.15) is 33.6 Å². The van der Waals surface area contributed by atoms with Crippen LogP contribution in [-0.4, -0.2) is 51.5 Å². The van der Waals surface area contributed by atoms with Crippen LogP contribution in [0.2, 0.25) is 0 Å². The van der Waals surface area contributed by atoms with Crippen molar-refractivity contribution < 1.29 is 29.6 Å². The first-order valence-corrected chi connectivity index (χ1v) is 9.01. The molecule has 3 N–H and O–H groups in total. The minimum atomic E-state index is -1.12. The molecule has 0 radical (unpaired) electrons. The van der Waals surface area contributed by atoms with Crippen LogP contribution in [0.4, 0.5) is 0 Å². The molecule has 138 valence electrons. The molecule has 3 aliphatic carbocycles. The molecule has 4 rings (SSSR count). The topological polar surface area (TPSA) is 104 Å². The number of ether oxygens (including phenoxy) is 1. The number of esters is 1. The smallest absolute Gasteiger partial charge is 0.310 e. The highest BCUT2D eigenvalue weighted by Gasteiger charge is 2.74. The summed E-state index contributed by atoms with van der Waals surface area (Å²) in [7, 11) is 0. The van der Waals surface area contributed by atoms with Gasteiger partial charge in [0.25, 0.3) is 0 Å². The fourth-order valence-electron chi connectivity index (χ4n) is 6.74. The molecule has 6 nitrogen and oxygen atoms in total. The monoisotopic (exact) mass is 350 g/mol. The van der Waals surface area contributed by atoms with Gasteiger partial charge in [0.05, 0.1) is 24.2 Å². The second-order valence-corrected chi connectivity index (χ2v) is 8.91. The predicted octanol–water partition coefficient (Wildman–Crippen LogP) is 0.438. The fraction of sp³-hybridized carbons (Fsp3) is 0.789. The Balaban J connectivity index is 1.93. The van der Waals surface area contributed by atoms with Gasteiger partial charge in [0.15, 0.2) is 0 Å². The highest BCUT2D eigenvalue weighted by atomic mass is 16.6. The zero-order valence-electron chi connectivity index (χ0n) is 14.8. The van der Waals surface area contributed by atoms with Gasteiger partial charge >= 0.3 is 5.97 Å². The molecule has 0 aromatic carbocycles. The normalized spacial score (nSPS) is 57.8. The Morgan fingerprint density at radius 3 is 2.44 bits per heavy atom. The minimum Gasteiger partial charge on any atom is -0.459 e. The zero-order chi connectivity index (χ0) is 18.5. The molecule has 2 bridgehead atoms. The number of carbonyl (C=O) groups is 2. The molecular weight excluding hydrogens is 324 g/mol. The van der Waals surface area contributed by atoms with Crippen molar-refractivity contribution in [1.29, 1.82) is 0 Å². The summed E-state index contributed by atoms with van der Waals surface area (Å²) in [6, 6.07) is 0. The van der Waals surface area contributed by atoms with Gasteiger partial charge in [-0.15, -0.1) is 0 Å². The van der Waals surface area contributed by atoms with E-state index in [1.807, 2.05) is 13.8 Å². The number of aliphatic hydroxyl groups is 3. The molecule has 0 aromatic heterocycles. The van der Waals surface area contributed by atoms with Gasteiger partial charge in [0, 0.05) is 29.1 Å². The Kier molecular flexibility index (Phi) is 3.39. The fourth-order valence-corrected chi connectivity index (χ4v) is 6.74. The predicted molar refractivity (Wildman–Crippen MR) is 87.1 cm³/mol. The molecule has 4 fully saturated rings. The molecular formula is C19H26O6. The van der Waals surface area contributed by atoms with Gasteiger partial charge in [-0.2, -0.15) is 0 Å². The largest absolute Gasteiger partial charge is 0.459 e. The lowest BCUT2D eigenvalue weighted by atomic mass is 9.39. The minimum absolute atomic E-state index is 0.0853. The van der Waals surface area contributed by atoms with E-state index in [4.69, 9.17) is 4.74 Å². The molecule has 1 heterocycles. The second-order valence-electron chi connectivity index (χ2n) is 8.91. The summed E-state index contributed by atoms with van der Waals surface area (Å²) in [6.07, 6.45) is -3.43. The number of rotatable bonds is 0. The first kappa shape index (κ1) is 17.2. The van der Waals surface area contributed by atoms with E-state index in [0.717, 1.165) is 5.57 Å². The molecule has 1 saturated heterocycles. The summed E-state index contributed by atoms with van der Waals surface area (Å²) in [5.41, 5.74) is -1.34. The molecule has 3 saturated carbocycles.